The lowest BCUT2D eigenvalue weighted by molar-refractivity contribution is 0.0680. The minimum absolute atomic E-state index is 0. The second-order valence-corrected chi connectivity index (χ2v) is 5.45. The van der Waals surface area contributed by atoms with Crippen molar-refractivity contribution in [3.63, 3.8) is 0 Å². The summed E-state index contributed by atoms with van der Waals surface area (Å²) in [6.07, 6.45) is 1.90. The predicted molar refractivity (Wildman–Crippen MR) is 80.7 cm³/mol. The highest BCUT2D eigenvalue weighted by Crippen LogP contribution is 2.22. The van der Waals surface area contributed by atoms with E-state index in [1.807, 2.05) is 11.8 Å². The number of piperidine rings is 1. The van der Waals surface area contributed by atoms with E-state index in [2.05, 4.69) is 0 Å². The van der Waals surface area contributed by atoms with Gasteiger partial charge in [0, 0.05) is 24.7 Å². The van der Waals surface area contributed by atoms with Crippen LogP contribution < -0.4 is 5.73 Å². The molecule has 0 aromatic heterocycles. The van der Waals surface area contributed by atoms with Gasteiger partial charge >= 0.3 is 0 Å². The van der Waals surface area contributed by atoms with Crippen molar-refractivity contribution in [3.05, 3.63) is 35.1 Å². The molecule has 3 nitrogen and oxygen atoms in total. The van der Waals surface area contributed by atoms with Crippen LogP contribution in [0.15, 0.2) is 18.2 Å². The van der Waals surface area contributed by atoms with Crippen LogP contribution in [0.1, 0.15) is 35.7 Å². The van der Waals surface area contributed by atoms with Crippen LogP contribution in [0, 0.1) is 18.7 Å². The molecule has 1 amide bonds. The van der Waals surface area contributed by atoms with Crippen molar-refractivity contribution in [2.24, 2.45) is 11.7 Å². The Kier molecular flexibility index (Phi) is 5.96. The molecule has 2 rings (SSSR count). The molecule has 1 aliphatic heterocycles. The average Bonchev–Trinajstić information content (AvgIpc) is 2.38. The van der Waals surface area contributed by atoms with Crippen LogP contribution in [0.4, 0.5) is 4.39 Å². The zero-order valence-corrected chi connectivity index (χ0v) is 12.8. The summed E-state index contributed by atoms with van der Waals surface area (Å²) in [7, 11) is 0. The summed E-state index contributed by atoms with van der Waals surface area (Å²) in [6.45, 7) is 5.26. The van der Waals surface area contributed by atoms with Crippen molar-refractivity contribution in [2.75, 3.05) is 13.1 Å². The van der Waals surface area contributed by atoms with Crippen LogP contribution in [0.5, 0.6) is 0 Å². The van der Waals surface area contributed by atoms with Crippen molar-refractivity contribution in [1.82, 2.24) is 4.90 Å². The fourth-order valence-corrected chi connectivity index (χ4v) is 2.67. The fraction of sp³-hybridized carbons (Fsp3) is 0.533. The second kappa shape index (κ2) is 7.04. The quantitative estimate of drug-likeness (QED) is 0.913. The van der Waals surface area contributed by atoms with Gasteiger partial charge in [-0.25, -0.2) is 4.39 Å². The molecule has 1 aromatic rings. The number of halogens is 2. The first-order chi connectivity index (χ1) is 8.99. The van der Waals surface area contributed by atoms with E-state index in [1.54, 1.807) is 13.0 Å². The molecular weight excluding hydrogens is 279 g/mol. The number of nitrogens with zero attached hydrogens (tertiary/aromatic N) is 1. The molecule has 0 aliphatic carbocycles. The molecule has 0 saturated carbocycles. The zero-order chi connectivity index (χ0) is 14.0. The third kappa shape index (κ3) is 3.70. The molecule has 1 unspecified atom stereocenters. The third-order valence-corrected chi connectivity index (χ3v) is 3.99. The molecule has 1 fully saturated rings. The zero-order valence-electron chi connectivity index (χ0n) is 11.9. The highest BCUT2D eigenvalue weighted by Gasteiger charge is 2.26. The highest BCUT2D eigenvalue weighted by molar-refractivity contribution is 5.95. The number of carbonyl (C=O) groups is 1. The van der Waals surface area contributed by atoms with Crippen LogP contribution in [0.2, 0.25) is 0 Å². The molecule has 1 heterocycles. The van der Waals surface area contributed by atoms with Crippen molar-refractivity contribution >= 4 is 18.3 Å². The maximum absolute atomic E-state index is 13.1. The standard InChI is InChI=1S/C15H21FN2O.ClH/c1-10-9-13(16)3-4-14(10)15(19)18-7-5-12(6-8-18)11(2)17;/h3-4,9,11-12H,5-8,17H2,1-2H3;1H. The first kappa shape index (κ1) is 16.9. The average molecular weight is 301 g/mol. The SMILES string of the molecule is Cc1cc(F)ccc1C(=O)N1CCC(C(C)N)CC1.Cl. The predicted octanol–water partition coefficient (Wildman–Crippen LogP) is 2.76. The van der Waals surface area contributed by atoms with E-state index >= 15 is 0 Å². The lowest BCUT2D eigenvalue weighted by Gasteiger charge is -2.34. The van der Waals surface area contributed by atoms with E-state index in [9.17, 15) is 9.18 Å². The first-order valence-corrected chi connectivity index (χ1v) is 6.80. The summed E-state index contributed by atoms with van der Waals surface area (Å²) >= 11 is 0. The van der Waals surface area contributed by atoms with Gasteiger partial charge in [0.05, 0.1) is 0 Å². The Morgan fingerprint density at radius 1 is 1.40 bits per heavy atom. The monoisotopic (exact) mass is 300 g/mol. The van der Waals surface area contributed by atoms with E-state index in [0.717, 1.165) is 25.9 Å². The second-order valence-electron chi connectivity index (χ2n) is 5.45. The van der Waals surface area contributed by atoms with Gasteiger partial charge in [-0.2, -0.15) is 0 Å². The van der Waals surface area contributed by atoms with E-state index in [4.69, 9.17) is 5.73 Å². The van der Waals surface area contributed by atoms with Crippen LogP contribution in [-0.4, -0.2) is 29.9 Å². The minimum Gasteiger partial charge on any atom is -0.339 e. The molecule has 20 heavy (non-hydrogen) atoms. The summed E-state index contributed by atoms with van der Waals surface area (Å²) < 4.78 is 13.1. The summed E-state index contributed by atoms with van der Waals surface area (Å²) in [5, 5.41) is 0. The molecule has 1 aliphatic rings. The van der Waals surface area contributed by atoms with Crippen LogP contribution in [-0.2, 0) is 0 Å². The van der Waals surface area contributed by atoms with Gasteiger partial charge in [-0.3, -0.25) is 4.79 Å². The number of rotatable bonds is 2. The molecule has 5 heteroatoms. The summed E-state index contributed by atoms with van der Waals surface area (Å²) in [5.41, 5.74) is 7.19. The van der Waals surface area contributed by atoms with Crippen LogP contribution >= 0.6 is 12.4 Å². The van der Waals surface area contributed by atoms with E-state index in [1.165, 1.54) is 12.1 Å². The fourth-order valence-electron chi connectivity index (χ4n) is 2.67. The van der Waals surface area contributed by atoms with Gasteiger partial charge in [-0.05, 0) is 56.4 Å². The molecule has 0 bridgehead atoms. The molecule has 0 radical (unpaired) electrons. The highest BCUT2D eigenvalue weighted by atomic mass is 35.5. The Morgan fingerprint density at radius 2 is 2.00 bits per heavy atom. The smallest absolute Gasteiger partial charge is 0.254 e. The normalized spacial score (nSPS) is 17.5. The molecule has 1 atom stereocenters. The molecule has 1 aromatic carbocycles. The number of nitrogens with two attached hydrogens (primary N) is 1. The Balaban J connectivity index is 0.00000200. The third-order valence-electron chi connectivity index (χ3n) is 3.99. The van der Waals surface area contributed by atoms with Crippen LogP contribution in [0.3, 0.4) is 0 Å². The molecule has 2 N–H and O–H groups in total. The molecule has 1 saturated heterocycles. The Hall–Kier alpha value is -1.13. The number of aryl methyl sites for hydroxylation is 1. The lowest BCUT2D eigenvalue weighted by Crippen LogP contribution is -2.42. The minimum atomic E-state index is -0.301. The topological polar surface area (TPSA) is 46.3 Å². The molecule has 0 spiro atoms. The maximum atomic E-state index is 13.1. The van der Waals surface area contributed by atoms with Gasteiger partial charge in [-0.1, -0.05) is 0 Å². The summed E-state index contributed by atoms with van der Waals surface area (Å²) in [6, 6.07) is 4.51. The van der Waals surface area contributed by atoms with Crippen molar-refractivity contribution < 1.29 is 9.18 Å². The Bertz CT molecular complexity index is 471. The van der Waals surface area contributed by atoms with Gasteiger partial charge < -0.3 is 10.6 Å². The van der Waals surface area contributed by atoms with E-state index in [0.29, 0.717) is 17.0 Å². The summed E-state index contributed by atoms with van der Waals surface area (Å²) in [5.74, 6) is 0.198. The number of carbonyl (C=O) groups excluding carboxylic acids is 1. The van der Waals surface area contributed by atoms with Crippen LogP contribution in [0.25, 0.3) is 0 Å². The Labute approximate surface area is 125 Å². The first-order valence-electron chi connectivity index (χ1n) is 6.80. The number of likely N-dealkylation sites (tertiary alicyclic amines) is 1. The van der Waals surface area contributed by atoms with Gasteiger partial charge in [-0.15, -0.1) is 12.4 Å². The van der Waals surface area contributed by atoms with Gasteiger partial charge in [0.2, 0.25) is 0 Å². The number of amides is 1. The van der Waals surface area contributed by atoms with Gasteiger partial charge in [0.1, 0.15) is 5.82 Å². The van der Waals surface area contributed by atoms with Crippen molar-refractivity contribution in [1.29, 1.82) is 0 Å². The maximum Gasteiger partial charge on any atom is 0.254 e. The van der Waals surface area contributed by atoms with Gasteiger partial charge in [0.25, 0.3) is 5.91 Å². The number of hydrogen-bond acceptors (Lipinski definition) is 2. The van der Waals surface area contributed by atoms with Crippen molar-refractivity contribution in [2.45, 2.75) is 32.7 Å². The van der Waals surface area contributed by atoms with E-state index < -0.39 is 0 Å². The largest absolute Gasteiger partial charge is 0.339 e. The lowest BCUT2D eigenvalue weighted by atomic mass is 9.90. The van der Waals surface area contributed by atoms with E-state index in [-0.39, 0.29) is 30.2 Å². The van der Waals surface area contributed by atoms with Crippen molar-refractivity contribution in [3.8, 4) is 0 Å². The molecular formula is C15H22ClFN2O. The van der Waals surface area contributed by atoms with Gasteiger partial charge in [0.15, 0.2) is 0 Å². The number of hydrogen-bond donors (Lipinski definition) is 1. The Morgan fingerprint density at radius 3 is 2.50 bits per heavy atom. The molecule has 112 valence electrons. The number of benzene rings is 1. The summed E-state index contributed by atoms with van der Waals surface area (Å²) in [4.78, 5) is 14.2.